The van der Waals surface area contributed by atoms with Gasteiger partial charge >= 0.3 is 0 Å². The van der Waals surface area contributed by atoms with Gasteiger partial charge in [-0.1, -0.05) is 18.2 Å². The van der Waals surface area contributed by atoms with Crippen LogP contribution in [0.1, 0.15) is 37.3 Å². The molecule has 4 nitrogen and oxygen atoms in total. The number of hydrogen-bond acceptors (Lipinski definition) is 4. The van der Waals surface area contributed by atoms with E-state index in [2.05, 4.69) is 34.9 Å². The van der Waals surface area contributed by atoms with Gasteiger partial charge in [0.25, 0.3) is 0 Å². The van der Waals surface area contributed by atoms with Gasteiger partial charge in [0, 0.05) is 18.3 Å². The smallest absolute Gasteiger partial charge is 0.150 e. The van der Waals surface area contributed by atoms with Crippen LogP contribution in [-0.2, 0) is 9.84 Å². The molecular formula is C16H24N2O2S. The summed E-state index contributed by atoms with van der Waals surface area (Å²) < 4.78 is 23.0. The molecule has 3 rings (SSSR count). The standard InChI is InChI=1S/C16H24N2O2S/c19-21(20)10-7-13(8-11-21)12-18-16-6-3-9-17-15-5-2-1-4-14(15)16/h1-2,4-5,13,16-18H,3,6-12H2. The Kier molecular flexibility index (Phi) is 4.50. The molecule has 2 aliphatic heterocycles. The van der Waals surface area contributed by atoms with Gasteiger partial charge in [-0.05, 0) is 49.8 Å². The molecule has 1 fully saturated rings. The van der Waals surface area contributed by atoms with Crippen LogP contribution in [0.15, 0.2) is 24.3 Å². The van der Waals surface area contributed by atoms with Crippen LogP contribution in [0.25, 0.3) is 0 Å². The van der Waals surface area contributed by atoms with Gasteiger partial charge in [-0.15, -0.1) is 0 Å². The highest BCUT2D eigenvalue weighted by Crippen LogP contribution is 2.29. The number of anilines is 1. The zero-order valence-corrected chi connectivity index (χ0v) is 13.2. The van der Waals surface area contributed by atoms with E-state index in [1.54, 1.807) is 0 Å². The Balaban J connectivity index is 1.60. The minimum atomic E-state index is -2.75. The predicted molar refractivity (Wildman–Crippen MR) is 86.3 cm³/mol. The number of nitrogens with one attached hydrogen (secondary N) is 2. The molecule has 0 aliphatic carbocycles. The molecule has 0 aromatic heterocycles. The highest BCUT2D eigenvalue weighted by molar-refractivity contribution is 7.91. The van der Waals surface area contributed by atoms with Crippen molar-refractivity contribution < 1.29 is 8.42 Å². The van der Waals surface area contributed by atoms with Crippen molar-refractivity contribution in [3.8, 4) is 0 Å². The fourth-order valence-corrected chi connectivity index (χ4v) is 4.90. The number of para-hydroxylation sites is 1. The average molecular weight is 308 g/mol. The van der Waals surface area contributed by atoms with Crippen molar-refractivity contribution >= 4 is 15.5 Å². The minimum absolute atomic E-state index is 0.363. The molecule has 21 heavy (non-hydrogen) atoms. The first-order valence-electron chi connectivity index (χ1n) is 7.91. The van der Waals surface area contributed by atoms with E-state index >= 15 is 0 Å². The zero-order chi connectivity index (χ0) is 14.7. The topological polar surface area (TPSA) is 58.2 Å². The number of hydrogen-bond donors (Lipinski definition) is 2. The van der Waals surface area contributed by atoms with Crippen molar-refractivity contribution in [2.45, 2.75) is 31.7 Å². The van der Waals surface area contributed by atoms with E-state index in [0.29, 0.717) is 23.5 Å². The summed E-state index contributed by atoms with van der Waals surface area (Å²) in [5, 5.41) is 7.16. The Hall–Kier alpha value is -1.07. The highest BCUT2D eigenvalue weighted by Gasteiger charge is 2.25. The van der Waals surface area contributed by atoms with Gasteiger partial charge in [0.1, 0.15) is 9.84 Å². The van der Waals surface area contributed by atoms with Crippen LogP contribution in [0.3, 0.4) is 0 Å². The minimum Gasteiger partial charge on any atom is -0.385 e. The predicted octanol–water partition coefficient (Wildman–Crippen LogP) is 2.35. The molecule has 1 aromatic carbocycles. The van der Waals surface area contributed by atoms with Crippen molar-refractivity contribution in [3.63, 3.8) is 0 Å². The van der Waals surface area contributed by atoms with Crippen LogP contribution in [0.2, 0.25) is 0 Å². The van der Waals surface area contributed by atoms with Crippen molar-refractivity contribution in [1.82, 2.24) is 5.32 Å². The van der Waals surface area contributed by atoms with Crippen LogP contribution in [0, 0.1) is 5.92 Å². The maximum absolute atomic E-state index is 11.5. The Morgan fingerprint density at radius 1 is 1.14 bits per heavy atom. The fourth-order valence-electron chi connectivity index (χ4n) is 3.31. The first kappa shape index (κ1) is 14.9. The third-order valence-electron chi connectivity index (χ3n) is 4.65. The van der Waals surface area contributed by atoms with Gasteiger partial charge in [-0.3, -0.25) is 0 Å². The van der Waals surface area contributed by atoms with Crippen molar-refractivity contribution in [2.75, 3.05) is 29.9 Å². The second-order valence-electron chi connectivity index (χ2n) is 6.21. The number of rotatable bonds is 3. The lowest BCUT2D eigenvalue weighted by Crippen LogP contribution is -2.32. The van der Waals surface area contributed by atoms with Crippen LogP contribution < -0.4 is 10.6 Å². The molecule has 2 aliphatic rings. The van der Waals surface area contributed by atoms with E-state index in [4.69, 9.17) is 0 Å². The maximum Gasteiger partial charge on any atom is 0.150 e. The third kappa shape index (κ3) is 3.77. The quantitative estimate of drug-likeness (QED) is 0.900. The molecule has 2 N–H and O–H groups in total. The number of sulfone groups is 1. The van der Waals surface area contributed by atoms with Gasteiger partial charge in [-0.25, -0.2) is 8.42 Å². The fraction of sp³-hybridized carbons (Fsp3) is 0.625. The van der Waals surface area contributed by atoms with Crippen LogP contribution in [-0.4, -0.2) is 33.0 Å². The summed E-state index contributed by atoms with van der Waals surface area (Å²) in [5.74, 6) is 1.22. The summed E-state index contributed by atoms with van der Waals surface area (Å²) in [5.41, 5.74) is 2.58. The van der Waals surface area contributed by atoms with Crippen molar-refractivity contribution in [2.24, 2.45) is 5.92 Å². The van der Waals surface area contributed by atoms with Crippen molar-refractivity contribution in [3.05, 3.63) is 29.8 Å². The van der Waals surface area contributed by atoms with E-state index in [-0.39, 0.29) is 0 Å². The van der Waals surface area contributed by atoms with E-state index < -0.39 is 9.84 Å². The first-order valence-corrected chi connectivity index (χ1v) is 9.73. The first-order chi connectivity index (χ1) is 10.1. The van der Waals surface area contributed by atoms with E-state index in [9.17, 15) is 8.42 Å². The molecule has 0 amide bonds. The highest BCUT2D eigenvalue weighted by atomic mass is 32.2. The Morgan fingerprint density at radius 2 is 1.90 bits per heavy atom. The lowest BCUT2D eigenvalue weighted by molar-refractivity contribution is 0.391. The van der Waals surface area contributed by atoms with Gasteiger partial charge in [0.2, 0.25) is 0 Å². The Morgan fingerprint density at radius 3 is 2.71 bits per heavy atom. The largest absolute Gasteiger partial charge is 0.385 e. The summed E-state index contributed by atoms with van der Waals surface area (Å²) in [6.45, 7) is 1.95. The SMILES string of the molecule is O=S1(=O)CCC(CNC2CCCNc3ccccc32)CC1. The molecule has 0 radical (unpaired) electrons. The molecular weight excluding hydrogens is 284 g/mol. The average Bonchev–Trinajstić information content (AvgIpc) is 2.69. The monoisotopic (exact) mass is 308 g/mol. The van der Waals surface area contributed by atoms with Crippen LogP contribution >= 0.6 is 0 Å². The normalized spacial score (nSPS) is 25.6. The van der Waals surface area contributed by atoms with E-state index in [1.165, 1.54) is 11.3 Å². The zero-order valence-electron chi connectivity index (χ0n) is 12.3. The van der Waals surface area contributed by atoms with Crippen LogP contribution in [0.5, 0.6) is 0 Å². The third-order valence-corrected chi connectivity index (χ3v) is 6.36. The molecule has 1 saturated heterocycles. The molecule has 5 heteroatoms. The second kappa shape index (κ2) is 6.36. The maximum atomic E-state index is 11.5. The summed E-state index contributed by atoms with van der Waals surface area (Å²) >= 11 is 0. The van der Waals surface area contributed by atoms with Gasteiger partial charge in [0.15, 0.2) is 0 Å². The lowest BCUT2D eigenvalue weighted by Gasteiger charge is -2.26. The molecule has 1 atom stereocenters. The Labute approximate surface area is 127 Å². The van der Waals surface area contributed by atoms with Crippen LogP contribution in [0.4, 0.5) is 5.69 Å². The van der Waals surface area contributed by atoms with E-state index in [1.807, 2.05) is 0 Å². The lowest BCUT2D eigenvalue weighted by atomic mass is 9.98. The molecule has 1 unspecified atom stereocenters. The van der Waals surface area contributed by atoms with Gasteiger partial charge in [-0.2, -0.15) is 0 Å². The number of fused-ring (bicyclic) bond motifs is 1. The van der Waals surface area contributed by atoms with Gasteiger partial charge < -0.3 is 10.6 Å². The molecule has 0 saturated carbocycles. The molecule has 0 spiro atoms. The summed E-state index contributed by atoms with van der Waals surface area (Å²) in [6.07, 6.45) is 3.91. The molecule has 0 bridgehead atoms. The summed E-state index contributed by atoms with van der Waals surface area (Å²) in [7, 11) is -2.75. The molecule has 116 valence electrons. The molecule has 1 aromatic rings. The second-order valence-corrected chi connectivity index (χ2v) is 8.52. The van der Waals surface area contributed by atoms with E-state index in [0.717, 1.165) is 38.8 Å². The molecule has 2 heterocycles. The summed E-state index contributed by atoms with van der Waals surface area (Å²) in [4.78, 5) is 0. The Bertz CT molecular complexity index is 572. The van der Waals surface area contributed by atoms with Gasteiger partial charge in [0.05, 0.1) is 11.5 Å². The summed E-state index contributed by atoms with van der Waals surface area (Å²) in [6, 6.07) is 8.88. The van der Waals surface area contributed by atoms with Crippen molar-refractivity contribution in [1.29, 1.82) is 0 Å². The number of benzene rings is 1.